The monoisotopic (exact) mass is 272 g/mol. The fraction of sp³-hybridized carbons (Fsp3) is 0.250. The molecule has 1 aliphatic rings. The van der Waals surface area contributed by atoms with Crippen LogP contribution in [0.3, 0.4) is 0 Å². The van der Waals surface area contributed by atoms with E-state index in [1.165, 1.54) is 11.1 Å². The van der Waals surface area contributed by atoms with Crippen molar-refractivity contribution in [1.82, 2.24) is 10.6 Å². The quantitative estimate of drug-likeness (QED) is 0.648. The number of benzene rings is 2. The zero-order valence-electron chi connectivity index (χ0n) is 10.6. The molecule has 1 heterocycles. The fourth-order valence-electron chi connectivity index (χ4n) is 2.62. The van der Waals surface area contributed by atoms with Gasteiger partial charge < -0.3 is 5.32 Å². The lowest BCUT2D eigenvalue weighted by Crippen LogP contribution is -2.49. The van der Waals surface area contributed by atoms with Crippen LogP contribution in [-0.4, -0.2) is 12.0 Å². The summed E-state index contributed by atoms with van der Waals surface area (Å²) in [7, 11) is 0. The Balaban J connectivity index is 1.93. The van der Waals surface area contributed by atoms with Crippen LogP contribution in [0.1, 0.15) is 23.2 Å². The van der Waals surface area contributed by atoms with Gasteiger partial charge in [-0.1, -0.05) is 60.7 Å². The van der Waals surface area contributed by atoms with Crippen LogP contribution in [0.2, 0.25) is 0 Å². The third kappa shape index (κ3) is 2.81. The summed E-state index contributed by atoms with van der Waals surface area (Å²) in [6.45, 7) is 0.768. The SMILES string of the molecule is ClC1CNC(c2ccccc2)C(c2ccccc2)N1. The summed E-state index contributed by atoms with van der Waals surface area (Å²) < 4.78 is 0. The molecule has 0 bridgehead atoms. The van der Waals surface area contributed by atoms with E-state index in [4.69, 9.17) is 11.6 Å². The molecule has 0 amide bonds. The molecule has 98 valence electrons. The molecule has 3 heteroatoms. The van der Waals surface area contributed by atoms with Crippen molar-refractivity contribution in [1.29, 1.82) is 0 Å². The highest BCUT2D eigenvalue weighted by molar-refractivity contribution is 6.20. The third-order valence-electron chi connectivity index (χ3n) is 3.53. The molecule has 19 heavy (non-hydrogen) atoms. The number of halogens is 1. The van der Waals surface area contributed by atoms with E-state index < -0.39 is 0 Å². The molecule has 2 aromatic carbocycles. The highest BCUT2D eigenvalue weighted by atomic mass is 35.5. The van der Waals surface area contributed by atoms with Gasteiger partial charge in [0.05, 0.1) is 17.6 Å². The molecule has 1 fully saturated rings. The summed E-state index contributed by atoms with van der Waals surface area (Å²) in [5, 5.41) is 7.02. The first kappa shape index (κ1) is 12.7. The highest BCUT2D eigenvalue weighted by Crippen LogP contribution is 2.31. The van der Waals surface area contributed by atoms with E-state index in [9.17, 15) is 0 Å². The average Bonchev–Trinajstić information content (AvgIpc) is 2.49. The maximum absolute atomic E-state index is 6.24. The summed E-state index contributed by atoms with van der Waals surface area (Å²) in [6, 6.07) is 21.4. The van der Waals surface area contributed by atoms with Crippen LogP contribution in [0.15, 0.2) is 60.7 Å². The Labute approximate surface area is 118 Å². The maximum Gasteiger partial charge on any atom is 0.0957 e. The van der Waals surface area contributed by atoms with Crippen LogP contribution in [0, 0.1) is 0 Å². The lowest BCUT2D eigenvalue weighted by atomic mass is 9.92. The van der Waals surface area contributed by atoms with Crippen LogP contribution in [-0.2, 0) is 0 Å². The molecule has 1 saturated heterocycles. The first-order valence-electron chi connectivity index (χ1n) is 6.58. The van der Waals surface area contributed by atoms with Crippen LogP contribution in [0.25, 0.3) is 0 Å². The van der Waals surface area contributed by atoms with E-state index in [1.807, 2.05) is 12.1 Å². The molecule has 2 N–H and O–H groups in total. The Morgan fingerprint density at radius 3 is 1.89 bits per heavy atom. The molecule has 0 aromatic heterocycles. The van der Waals surface area contributed by atoms with Gasteiger partial charge in [-0.3, -0.25) is 5.32 Å². The van der Waals surface area contributed by atoms with Crippen LogP contribution in [0.5, 0.6) is 0 Å². The topological polar surface area (TPSA) is 24.1 Å². The van der Waals surface area contributed by atoms with Crippen molar-refractivity contribution >= 4 is 11.6 Å². The second kappa shape index (κ2) is 5.74. The summed E-state index contributed by atoms with van der Waals surface area (Å²) >= 11 is 6.24. The molecular weight excluding hydrogens is 256 g/mol. The molecule has 0 radical (unpaired) electrons. The van der Waals surface area contributed by atoms with E-state index in [0.29, 0.717) is 0 Å². The minimum atomic E-state index is -0.0369. The van der Waals surface area contributed by atoms with Crippen molar-refractivity contribution in [3.8, 4) is 0 Å². The largest absolute Gasteiger partial charge is 0.306 e. The highest BCUT2D eigenvalue weighted by Gasteiger charge is 2.30. The van der Waals surface area contributed by atoms with Crippen LogP contribution < -0.4 is 10.6 Å². The minimum absolute atomic E-state index is 0.0369. The van der Waals surface area contributed by atoms with Crippen LogP contribution >= 0.6 is 11.6 Å². The molecule has 3 rings (SSSR count). The number of nitrogens with one attached hydrogen (secondary N) is 2. The van der Waals surface area contributed by atoms with Gasteiger partial charge in [0.25, 0.3) is 0 Å². The number of piperazine rings is 1. The van der Waals surface area contributed by atoms with E-state index in [-0.39, 0.29) is 17.6 Å². The number of hydrogen-bond donors (Lipinski definition) is 2. The van der Waals surface area contributed by atoms with Gasteiger partial charge >= 0.3 is 0 Å². The number of rotatable bonds is 2. The Morgan fingerprint density at radius 2 is 1.32 bits per heavy atom. The average molecular weight is 273 g/mol. The second-order valence-corrected chi connectivity index (χ2v) is 5.35. The zero-order valence-corrected chi connectivity index (χ0v) is 11.3. The Bertz CT molecular complexity index is 515. The molecule has 1 aliphatic heterocycles. The van der Waals surface area contributed by atoms with E-state index in [2.05, 4.69) is 59.2 Å². The van der Waals surface area contributed by atoms with Gasteiger partial charge in [0.1, 0.15) is 0 Å². The predicted molar refractivity (Wildman–Crippen MR) is 79.1 cm³/mol. The molecule has 0 saturated carbocycles. The summed E-state index contributed by atoms with van der Waals surface area (Å²) in [5.74, 6) is 0. The zero-order chi connectivity index (χ0) is 13.1. The third-order valence-corrected chi connectivity index (χ3v) is 3.81. The summed E-state index contributed by atoms with van der Waals surface area (Å²) in [5.41, 5.74) is 2.51. The second-order valence-electron chi connectivity index (χ2n) is 4.82. The Kier molecular flexibility index (Phi) is 3.83. The van der Waals surface area contributed by atoms with Crippen molar-refractivity contribution in [2.45, 2.75) is 17.6 Å². The Morgan fingerprint density at radius 1 is 0.789 bits per heavy atom. The molecule has 2 aromatic rings. The van der Waals surface area contributed by atoms with Crippen molar-refractivity contribution in [3.05, 3.63) is 71.8 Å². The van der Waals surface area contributed by atoms with Crippen molar-refractivity contribution in [3.63, 3.8) is 0 Å². The van der Waals surface area contributed by atoms with E-state index >= 15 is 0 Å². The van der Waals surface area contributed by atoms with Crippen molar-refractivity contribution < 1.29 is 0 Å². The van der Waals surface area contributed by atoms with Gasteiger partial charge in [-0.15, -0.1) is 11.6 Å². The summed E-state index contributed by atoms with van der Waals surface area (Å²) in [4.78, 5) is 0. The minimum Gasteiger partial charge on any atom is -0.306 e. The van der Waals surface area contributed by atoms with E-state index in [1.54, 1.807) is 0 Å². The van der Waals surface area contributed by atoms with Gasteiger partial charge in [0, 0.05) is 6.54 Å². The smallest absolute Gasteiger partial charge is 0.0957 e. The molecule has 0 aliphatic carbocycles. The normalized spacial score (nSPS) is 27.1. The van der Waals surface area contributed by atoms with Gasteiger partial charge in [0.2, 0.25) is 0 Å². The van der Waals surface area contributed by atoms with Gasteiger partial charge in [-0.2, -0.15) is 0 Å². The molecule has 3 unspecified atom stereocenters. The number of hydrogen-bond acceptors (Lipinski definition) is 2. The molecular formula is C16H17ClN2. The molecule has 3 atom stereocenters. The van der Waals surface area contributed by atoms with Crippen molar-refractivity contribution in [2.75, 3.05) is 6.54 Å². The number of alkyl halides is 1. The van der Waals surface area contributed by atoms with Gasteiger partial charge in [0.15, 0.2) is 0 Å². The van der Waals surface area contributed by atoms with Crippen molar-refractivity contribution in [2.24, 2.45) is 0 Å². The Hall–Kier alpha value is -1.35. The first-order valence-corrected chi connectivity index (χ1v) is 7.01. The maximum atomic E-state index is 6.24. The fourth-order valence-corrected chi connectivity index (χ4v) is 2.84. The van der Waals surface area contributed by atoms with Crippen LogP contribution in [0.4, 0.5) is 0 Å². The standard InChI is InChI=1S/C16H17ClN2/c17-14-11-18-15(12-7-3-1-4-8-12)16(19-14)13-9-5-2-6-10-13/h1-10,14-16,18-19H,11H2. The van der Waals surface area contributed by atoms with Gasteiger partial charge in [-0.25, -0.2) is 0 Å². The first-order chi connectivity index (χ1) is 9.34. The predicted octanol–water partition coefficient (Wildman–Crippen LogP) is 3.23. The molecule has 0 spiro atoms. The summed E-state index contributed by atoms with van der Waals surface area (Å²) in [6.07, 6.45) is 0. The lowest BCUT2D eigenvalue weighted by molar-refractivity contribution is 0.315. The van der Waals surface area contributed by atoms with E-state index in [0.717, 1.165) is 6.54 Å². The van der Waals surface area contributed by atoms with Gasteiger partial charge in [-0.05, 0) is 11.1 Å². The molecule has 2 nitrogen and oxygen atoms in total. The lowest BCUT2D eigenvalue weighted by Gasteiger charge is -2.37.